The second kappa shape index (κ2) is 49.5. The monoisotopic (exact) mass is 815 g/mol. The zero-order chi connectivity index (χ0) is 42.1. The third-order valence-corrected chi connectivity index (χ3v) is 11.2. The van der Waals surface area contributed by atoms with E-state index in [2.05, 4.69) is 57.2 Å². The highest BCUT2D eigenvalue weighted by Gasteiger charge is 2.17. The molecule has 5 nitrogen and oxygen atoms in total. The van der Waals surface area contributed by atoms with Crippen molar-refractivity contribution in [2.24, 2.45) is 0 Å². The molecular weight excluding hydrogens is 717 g/mol. The number of carbonyl (C=O) groups excluding carboxylic acids is 2. The van der Waals surface area contributed by atoms with Gasteiger partial charge in [0.2, 0.25) is 0 Å². The lowest BCUT2D eigenvalue weighted by atomic mass is 10.0. The van der Waals surface area contributed by atoms with Crippen LogP contribution in [0, 0.1) is 0 Å². The van der Waals surface area contributed by atoms with E-state index in [-0.39, 0.29) is 25.2 Å². The molecule has 0 fully saturated rings. The van der Waals surface area contributed by atoms with Crippen molar-refractivity contribution >= 4 is 11.9 Å². The number of unbranched alkanes of at least 4 members (excludes halogenated alkanes) is 30. The summed E-state index contributed by atoms with van der Waals surface area (Å²) in [4.78, 5) is 25.3. The lowest BCUT2D eigenvalue weighted by Crippen LogP contribution is -2.30. The van der Waals surface area contributed by atoms with Crippen molar-refractivity contribution in [2.75, 3.05) is 19.8 Å². The molecule has 0 aliphatic heterocycles. The van der Waals surface area contributed by atoms with Crippen molar-refractivity contribution in [2.45, 2.75) is 271 Å². The number of allylic oxidation sites excluding steroid dienone is 6. The molecule has 0 saturated heterocycles. The van der Waals surface area contributed by atoms with Crippen LogP contribution >= 0.6 is 0 Å². The second-order valence-electron chi connectivity index (χ2n) is 17.1. The topological polar surface area (TPSA) is 61.8 Å². The molecule has 0 aliphatic rings. The number of esters is 2. The molecule has 0 bridgehead atoms. The van der Waals surface area contributed by atoms with Crippen molar-refractivity contribution in [3.05, 3.63) is 36.5 Å². The van der Waals surface area contributed by atoms with Crippen LogP contribution < -0.4 is 0 Å². The van der Waals surface area contributed by atoms with Gasteiger partial charge in [0.25, 0.3) is 0 Å². The average molecular weight is 815 g/mol. The van der Waals surface area contributed by atoms with Crippen LogP contribution in [0.3, 0.4) is 0 Å². The van der Waals surface area contributed by atoms with Crippen molar-refractivity contribution in [1.29, 1.82) is 0 Å². The van der Waals surface area contributed by atoms with Gasteiger partial charge in [0.15, 0.2) is 6.10 Å². The first-order valence-corrected chi connectivity index (χ1v) is 25.5. The van der Waals surface area contributed by atoms with Crippen molar-refractivity contribution in [1.82, 2.24) is 0 Å². The van der Waals surface area contributed by atoms with Gasteiger partial charge in [0.05, 0.1) is 6.61 Å². The van der Waals surface area contributed by atoms with Gasteiger partial charge in [-0.1, -0.05) is 237 Å². The molecule has 0 aromatic rings. The molecule has 0 radical (unpaired) electrons. The molecule has 58 heavy (non-hydrogen) atoms. The SMILES string of the molecule is CC/C=C\C/C=C\C/C=C\CCCCCCCCOCC(COC(=O)CCCCCCCCCCCCCCCCC)OC(=O)CCCCCCCCCCCCC. The van der Waals surface area contributed by atoms with Gasteiger partial charge in [-0.3, -0.25) is 9.59 Å². The summed E-state index contributed by atoms with van der Waals surface area (Å²) in [6, 6.07) is 0. The highest BCUT2D eigenvalue weighted by atomic mass is 16.6. The number of hydrogen-bond donors (Lipinski definition) is 0. The maximum absolute atomic E-state index is 12.8. The number of ether oxygens (including phenoxy) is 3. The molecule has 0 aliphatic carbocycles. The highest BCUT2D eigenvalue weighted by molar-refractivity contribution is 5.70. The summed E-state index contributed by atoms with van der Waals surface area (Å²) in [5, 5.41) is 0. The molecule has 0 rings (SSSR count). The van der Waals surface area contributed by atoms with Gasteiger partial charge in [0.1, 0.15) is 6.61 Å². The fourth-order valence-electron chi connectivity index (χ4n) is 7.41. The zero-order valence-electron chi connectivity index (χ0n) is 39.1. The van der Waals surface area contributed by atoms with E-state index in [1.54, 1.807) is 0 Å². The minimum absolute atomic E-state index is 0.0859. The molecule has 0 saturated carbocycles. The van der Waals surface area contributed by atoms with Gasteiger partial charge in [0, 0.05) is 19.4 Å². The molecule has 0 heterocycles. The number of hydrogen-bond acceptors (Lipinski definition) is 5. The Labute approximate surface area is 361 Å². The van der Waals surface area contributed by atoms with Crippen molar-refractivity contribution in [3.8, 4) is 0 Å². The molecule has 340 valence electrons. The van der Waals surface area contributed by atoms with Gasteiger partial charge >= 0.3 is 11.9 Å². The van der Waals surface area contributed by atoms with Crippen LogP contribution in [0.1, 0.15) is 265 Å². The number of rotatable bonds is 47. The van der Waals surface area contributed by atoms with Crippen LogP contribution in [0.5, 0.6) is 0 Å². The van der Waals surface area contributed by atoms with Crippen LogP contribution in [0.15, 0.2) is 36.5 Å². The Kier molecular flexibility index (Phi) is 47.9. The van der Waals surface area contributed by atoms with Gasteiger partial charge < -0.3 is 14.2 Å². The molecule has 0 N–H and O–H groups in total. The van der Waals surface area contributed by atoms with Gasteiger partial charge in [-0.15, -0.1) is 0 Å². The normalized spacial score (nSPS) is 12.4. The minimum atomic E-state index is -0.536. The predicted molar refractivity (Wildman–Crippen MR) is 252 cm³/mol. The molecule has 1 atom stereocenters. The van der Waals surface area contributed by atoms with Crippen LogP contribution in [0.2, 0.25) is 0 Å². The summed E-state index contributed by atoms with van der Waals surface area (Å²) in [6.07, 6.45) is 58.6. The largest absolute Gasteiger partial charge is 0.462 e. The molecule has 0 amide bonds. The number of carbonyl (C=O) groups is 2. The van der Waals surface area contributed by atoms with E-state index in [9.17, 15) is 9.59 Å². The maximum Gasteiger partial charge on any atom is 0.306 e. The standard InChI is InChI=1S/C53H98O5/c1-4-7-10-13-16-19-22-24-26-28-30-33-36-39-42-45-48-56-49-51(58-53(55)47-44-41-38-35-31-21-18-15-12-9-6-3)50-57-52(54)46-43-40-37-34-32-29-27-25-23-20-17-14-11-8-5-2/h7,10,16,19,24,26,51H,4-6,8-9,11-15,17-18,20-23,25,27-50H2,1-3H3/b10-7-,19-16-,26-24-. The Morgan fingerprint density at radius 2 is 0.776 bits per heavy atom. The Morgan fingerprint density at radius 3 is 1.24 bits per heavy atom. The molecular formula is C53H98O5. The first-order chi connectivity index (χ1) is 28.6. The van der Waals surface area contributed by atoms with E-state index >= 15 is 0 Å². The van der Waals surface area contributed by atoms with E-state index in [1.807, 2.05) is 0 Å². The Bertz CT molecular complexity index is 924. The molecule has 5 heteroatoms. The summed E-state index contributed by atoms with van der Waals surface area (Å²) in [7, 11) is 0. The summed E-state index contributed by atoms with van der Waals surface area (Å²) in [5.74, 6) is -0.391. The Balaban J connectivity index is 4.22. The molecule has 0 aromatic heterocycles. The maximum atomic E-state index is 12.8. The lowest BCUT2D eigenvalue weighted by Gasteiger charge is -2.18. The summed E-state index contributed by atoms with van der Waals surface area (Å²) < 4.78 is 17.4. The van der Waals surface area contributed by atoms with E-state index in [1.165, 1.54) is 167 Å². The smallest absolute Gasteiger partial charge is 0.306 e. The third-order valence-electron chi connectivity index (χ3n) is 11.2. The Hall–Kier alpha value is -1.88. The fourth-order valence-corrected chi connectivity index (χ4v) is 7.41. The molecule has 0 spiro atoms. The van der Waals surface area contributed by atoms with Crippen LogP contribution in [-0.2, 0) is 23.8 Å². The predicted octanol–water partition coefficient (Wildman–Crippen LogP) is 17.0. The quantitative estimate of drug-likeness (QED) is 0.0348. The van der Waals surface area contributed by atoms with Crippen molar-refractivity contribution in [3.63, 3.8) is 0 Å². The van der Waals surface area contributed by atoms with Crippen LogP contribution in [-0.4, -0.2) is 37.9 Å². The average Bonchev–Trinajstić information content (AvgIpc) is 3.22. The van der Waals surface area contributed by atoms with Gasteiger partial charge in [-0.2, -0.15) is 0 Å². The molecule has 0 aromatic carbocycles. The third kappa shape index (κ3) is 46.8. The van der Waals surface area contributed by atoms with Crippen molar-refractivity contribution < 1.29 is 23.8 Å². The summed E-state index contributed by atoms with van der Waals surface area (Å²) in [5.41, 5.74) is 0. The summed E-state index contributed by atoms with van der Waals surface area (Å²) >= 11 is 0. The highest BCUT2D eigenvalue weighted by Crippen LogP contribution is 2.16. The van der Waals surface area contributed by atoms with E-state index in [0.717, 1.165) is 64.2 Å². The van der Waals surface area contributed by atoms with Gasteiger partial charge in [-0.25, -0.2) is 0 Å². The lowest BCUT2D eigenvalue weighted by molar-refractivity contribution is -0.163. The summed E-state index contributed by atoms with van der Waals surface area (Å²) in [6.45, 7) is 7.73. The van der Waals surface area contributed by atoms with Gasteiger partial charge in [-0.05, 0) is 51.4 Å². The van der Waals surface area contributed by atoms with E-state index < -0.39 is 6.10 Å². The molecule has 1 unspecified atom stereocenters. The van der Waals surface area contributed by atoms with E-state index in [4.69, 9.17) is 14.2 Å². The second-order valence-corrected chi connectivity index (χ2v) is 17.1. The first kappa shape index (κ1) is 56.1. The Morgan fingerprint density at radius 1 is 0.397 bits per heavy atom. The first-order valence-electron chi connectivity index (χ1n) is 25.5. The van der Waals surface area contributed by atoms with E-state index in [0.29, 0.717) is 19.4 Å². The minimum Gasteiger partial charge on any atom is -0.462 e. The fraction of sp³-hybridized carbons (Fsp3) is 0.849. The zero-order valence-corrected chi connectivity index (χ0v) is 39.1. The van der Waals surface area contributed by atoms with Crippen LogP contribution in [0.25, 0.3) is 0 Å². The van der Waals surface area contributed by atoms with Crippen LogP contribution in [0.4, 0.5) is 0 Å².